The first-order valence-electron chi connectivity index (χ1n) is 10.7. The minimum Gasteiger partial charge on any atom is -0.342 e. The van der Waals surface area contributed by atoms with E-state index < -0.39 is 29.7 Å². The van der Waals surface area contributed by atoms with Crippen LogP contribution in [-0.4, -0.2) is 36.9 Å². The zero-order chi connectivity index (χ0) is 26.7. The van der Waals surface area contributed by atoms with Crippen molar-refractivity contribution in [3.05, 3.63) is 94.2 Å². The second-order valence-electron chi connectivity index (χ2n) is 7.89. The first-order valence-corrected chi connectivity index (χ1v) is 12.7. The van der Waals surface area contributed by atoms with E-state index in [2.05, 4.69) is 4.98 Å². The molecule has 0 aliphatic carbocycles. The number of hydrogen-bond donors (Lipinski definition) is 2. The number of rotatable bonds is 7. The normalized spacial score (nSPS) is 12.4. The lowest BCUT2D eigenvalue weighted by Crippen LogP contribution is -2.33. The number of halogens is 5. The van der Waals surface area contributed by atoms with Crippen molar-refractivity contribution in [3.8, 4) is 28.2 Å². The van der Waals surface area contributed by atoms with Crippen LogP contribution in [0.4, 0.5) is 13.2 Å². The zero-order valence-electron chi connectivity index (χ0n) is 18.8. The van der Waals surface area contributed by atoms with Gasteiger partial charge in [-0.15, -0.1) is 0 Å². The Morgan fingerprint density at radius 3 is 2.30 bits per heavy atom. The summed E-state index contributed by atoms with van der Waals surface area (Å²) in [5.74, 6) is -1.25. The lowest BCUT2D eigenvalue weighted by Gasteiger charge is -2.15. The molecule has 1 heterocycles. The van der Waals surface area contributed by atoms with E-state index >= 15 is 0 Å². The van der Waals surface area contributed by atoms with Crippen molar-refractivity contribution in [2.75, 3.05) is 6.54 Å². The second-order valence-corrected chi connectivity index (χ2v) is 9.64. The van der Waals surface area contributed by atoms with E-state index in [0.29, 0.717) is 11.3 Å². The number of carbonyl (C=O) groups is 1. The maximum Gasteiger partial charge on any atom is 0.405 e. The summed E-state index contributed by atoms with van der Waals surface area (Å²) in [6.45, 7) is -1.54. The quantitative estimate of drug-likeness (QED) is 0.249. The molecule has 0 saturated carbocycles. The number of nitrogens with one attached hydrogen (secondary N) is 1. The maximum absolute atomic E-state index is 12.7. The molecule has 4 rings (SSSR count). The summed E-state index contributed by atoms with van der Waals surface area (Å²) in [5.41, 5.74) is 2.35. The molecule has 0 saturated heterocycles. The molecule has 1 amide bonds. The van der Waals surface area contributed by atoms with Crippen LogP contribution in [-0.2, 0) is 16.8 Å². The Hall–Kier alpha value is -3.18. The van der Waals surface area contributed by atoms with Gasteiger partial charge in [0.05, 0.1) is 27.0 Å². The number of alkyl halides is 3. The predicted molar refractivity (Wildman–Crippen MR) is 137 cm³/mol. The number of hydrogen-bond acceptors (Lipinski definition) is 3. The molecule has 37 heavy (non-hydrogen) atoms. The Kier molecular flexibility index (Phi) is 8.03. The lowest BCUT2D eigenvalue weighted by atomic mass is 10.0. The highest BCUT2D eigenvalue weighted by Crippen LogP contribution is 2.36. The van der Waals surface area contributed by atoms with Gasteiger partial charge in [0.15, 0.2) is 11.1 Å². The Balaban J connectivity index is 1.90. The molecule has 0 aliphatic rings. The predicted octanol–water partition coefficient (Wildman–Crippen LogP) is 6.53. The molecule has 3 aromatic carbocycles. The van der Waals surface area contributed by atoms with Crippen LogP contribution in [0.15, 0.2) is 72.9 Å². The molecule has 6 nitrogen and oxygen atoms in total. The Morgan fingerprint density at radius 2 is 1.68 bits per heavy atom. The average molecular weight is 568 g/mol. The van der Waals surface area contributed by atoms with E-state index in [9.17, 15) is 26.7 Å². The molecule has 4 aromatic rings. The van der Waals surface area contributed by atoms with Gasteiger partial charge in [-0.2, -0.15) is 13.2 Å². The highest BCUT2D eigenvalue weighted by atomic mass is 35.5. The van der Waals surface area contributed by atoms with Gasteiger partial charge < -0.3 is 9.87 Å². The number of benzene rings is 3. The third-order valence-corrected chi connectivity index (χ3v) is 6.49. The fourth-order valence-electron chi connectivity index (χ4n) is 3.71. The van der Waals surface area contributed by atoms with Crippen LogP contribution in [0.1, 0.15) is 16.1 Å². The summed E-state index contributed by atoms with van der Waals surface area (Å²) in [5, 5.41) is 2.17. The standard InChI is InChI=1S/C25H18Cl2F3N3O3S/c26-18-7-4-8-19(27)22(18)23-32-20(24(34)31-14-25(28,29)30)12-33(23)21-10-9-16(11-17(21)13-37(35)36)15-5-2-1-3-6-15/h1-12H,13-14H2,(H,31,34)(H,35,36). The van der Waals surface area contributed by atoms with Crippen LogP contribution in [0.25, 0.3) is 28.2 Å². The van der Waals surface area contributed by atoms with Gasteiger partial charge in [0.2, 0.25) is 0 Å². The highest BCUT2D eigenvalue weighted by Gasteiger charge is 2.29. The van der Waals surface area contributed by atoms with Crippen LogP contribution in [0.2, 0.25) is 10.0 Å². The molecular weight excluding hydrogens is 550 g/mol. The van der Waals surface area contributed by atoms with Gasteiger partial charge in [-0.3, -0.25) is 9.36 Å². The molecule has 0 fully saturated rings. The fourth-order valence-corrected chi connectivity index (χ4v) is 4.78. The average Bonchev–Trinajstić information content (AvgIpc) is 3.27. The number of imidazole rings is 1. The third-order valence-electron chi connectivity index (χ3n) is 5.30. The molecule has 1 aromatic heterocycles. The van der Waals surface area contributed by atoms with Crippen LogP contribution in [0, 0.1) is 0 Å². The fraction of sp³-hybridized carbons (Fsp3) is 0.120. The molecule has 0 spiro atoms. The van der Waals surface area contributed by atoms with Crippen molar-refractivity contribution < 1.29 is 26.7 Å². The lowest BCUT2D eigenvalue weighted by molar-refractivity contribution is -0.123. The number of aromatic nitrogens is 2. The van der Waals surface area contributed by atoms with Gasteiger partial charge in [0.1, 0.15) is 18.1 Å². The summed E-state index contributed by atoms with van der Waals surface area (Å²) in [7, 11) is 0. The second kappa shape index (κ2) is 11.1. The van der Waals surface area contributed by atoms with Gasteiger partial charge in [0, 0.05) is 6.20 Å². The zero-order valence-corrected chi connectivity index (χ0v) is 21.1. The Morgan fingerprint density at radius 1 is 1.00 bits per heavy atom. The molecular formula is C25H18Cl2F3N3O3S. The van der Waals surface area contributed by atoms with Gasteiger partial charge in [0.25, 0.3) is 5.91 Å². The SMILES string of the molecule is O=C(NCC(F)(F)F)c1cn(-c2ccc(-c3ccccc3)cc2CS(=O)O)c(-c2c(Cl)cccc2Cl)n1. The molecule has 1 unspecified atom stereocenters. The third kappa shape index (κ3) is 6.40. The number of carbonyl (C=O) groups excluding carboxylic acids is 1. The van der Waals surface area contributed by atoms with E-state index in [1.54, 1.807) is 41.7 Å². The van der Waals surface area contributed by atoms with Crippen molar-refractivity contribution in [2.45, 2.75) is 11.9 Å². The maximum atomic E-state index is 12.7. The smallest absolute Gasteiger partial charge is 0.342 e. The summed E-state index contributed by atoms with van der Waals surface area (Å²) in [4.78, 5) is 16.8. The van der Waals surface area contributed by atoms with Gasteiger partial charge in [-0.1, -0.05) is 65.7 Å². The summed E-state index contributed by atoms with van der Waals surface area (Å²) >= 11 is 10.5. The Bertz CT molecular complexity index is 1460. The van der Waals surface area contributed by atoms with Gasteiger partial charge in [-0.25, -0.2) is 9.19 Å². The van der Waals surface area contributed by atoms with Crippen molar-refractivity contribution >= 4 is 40.2 Å². The summed E-state index contributed by atoms with van der Waals surface area (Å²) in [6.07, 6.45) is -3.37. The largest absolute Gasteiger partial charge is 0.405 e. The summed E-state index contributed by atoms with van der Waals surface area (Å²) < 4.78 is 61.0. The van der Waals surface area contributed by atoms with Crippen LogP contribution < -0.4 is 5.32 Å². The van der Waals surface area contributed by atoms with Crippen LogP contribution in [0.3, 0.4) is 0 Å². The van der Waals surface area contributed by atoms with Crippen molar-refractivity contribution in [2.24, 2.45) is 0 Å². The minimum atomic E-state index is -4.61. The molecule has 0 aliphatic heterocycles. The van der Waals surface area contributed by atoms with E-state index in [-0.39, 0.29) is 32.9 Å². The van der Waals surface area contributed by atoms with Gasteiger partial charge in [-0.05, 0) is 41.0 Å². The molecule has 1 atom stereocenters. The highest BCUT2D eigenvalue weighted by molar-refractivity contribution is 7.78. The van der Waals surface area contributed by atoms with Crippen molar-refractivity contribution in [3.63, 3.8) is 0 Å². The molecule has 0 bridgehead atoms. The van der Waals surface area contributed by atoms with E-state index in [1.807, 2.05) is 30.3 Å². The minimum absolute atomic E-state index is 0.0743. The van der Waals surface area contributed by atoms with Crippen molar-refractivity contribution in [1.29, 1.82) is 0 Å². The monoisotopic (exact) mass is 567 g/mol. The summed E-state index contributed by atoms with van der Waals surface area (Å²) in [6, 6.07) is 19.2. The van der Waals surface area contributed by atoms with E-state index in [4.69, 9.17) is 23.2 Å². The van der Waals surface area contributed by atoms with Crippen LogP contribution in [0.5, 0.6) is 0 Å². The molecule has 192 valence electrons. The van der Waals surface area contributed by atoms with E-state index in [0.717, 1.165) is 11.1 Å². The van der Waals surface area contributed by atoms with Crippen LogP contribution >= 0.6 is 23.2 Å². The first kappa shape index (κ1) is 26.9. The molecule has 0 radical (unpaired) electrons. The molecule has 2 N–H and O–H groups in total. The number of nitrogens with zero attached hydrogens (tertiary/aromatic N) is 2. The first-order chi connectivity index (χ1) is 17.5. The Labute approximate surface area is 222 Å². The van der Waals surface area contributed by atoms with E-state index in [1.165, 1.54) is 10.8 Å². The topological polar surface area (TPSA) is 84.2 Å². The van der Waals surface area contributed by atoms with Crippen molar-refractivity contribution in [1.82, 2.24) is 14.9 Å². The number of amides is 1. The molecule has 12 heteroatoms. The van der Waals surface area contributed by atoms with Gasteiger partial charge >= 0.3 is 6.18 Å².